The fourth-order valence-corrected chi connectivity index (χ4v) is 2.79. The van der Waals surface area contributed by atoms with Crippen molar-refractivity contribution in [2.75, 3.05) is 6.61 Å². The SMILES string of the molecule is CCOC(=O)C1(C)C(=O)OC12CCCCC2. The number of rotatable bonds is 2. The fraction of sp³-hybridized carbons (Fsp3) is 0.833. The van der Waals surface area contributed by atoms with Crippen molar-refractivity contribution in [1.29, 1.82) is 0 Å². The van der Waals surface area contributed by atoms with E-state index in [1.54, 1.807) is 13.8 Å². The second kappa shape index (κ2) is 3.75. The van der Waals surface area contributed by atoms with Gasteiger partial charge in [-0.3, -0.25) is 9.59 Å². The minimum Gasteiger partial charge on any atom is -0.465 e. The quantitative estimate of drug-likeness (QED) is 0.532. The van der Waals surface area contributed by atoms with Crippen molar-refractivity contribution in [2.45, 2.75) is 51.6 Å². The van der Waals surface area contributed by atoms with Gasteiger partial charge in [-0.05, 0) is 39.5 Å². The summed E-state index contributed by atoms with van der Waals surface area (Å²) in [7, 11) is 0. The lowest BCUT2D eigenvalue weighted by Gasteiger charge is -2.54. The van der Waals surface area contributed by atoms with Gasteiger partial charge in [0, 0.05) is 0 Å². The molecule has 1 saturated carbocycles. The highest BCUT2D eigenvalue weighted by molar-refractivity contribution is 6.05. The minimum absolute atomic E-state index is 0.303. The monoisotopic (exact) mass is 226 g/mol. The lowest BCUT2D eigenvalue weighted by molar-refractivity contribution is -0.251. The van der Waals surface area contributed by atoms with Crippen LogP contribution in [0.2, 0.25) is 0 Å². The van der Waals surface area contributed by atoms with Crippen molar-refractivity contribution >= 4 is 11.9 Å². The summed E-state index contributed by atoms with van der Waals surface area (Å²) in [6.07, 6.45) is 4.75. The third-order valence-electron chi connectivity index (χ3n) is 3.95. The third-order valence-corrected chi connectivity index (χ3v) is 3.95. The summed E-state index contributed by atoms with van der Waals surface area (Å²) in [5, 5.41) is 0. The van der Waals surface area contributed by atoms with Crippen molar-refractivity contribution in [3.05, 3.63) is 0 Å². The molecule has 0 aromatic heterocycles. The van der Waals surface area contributed by atoms with Gasteiger partial charge in [-0.15, -0.1) is 0 Å². The topological polar surface area (TPSA) is 52.6 Å². The lowest BCUT2D eigenvalue weighted by atomic mass is 9.61. The van der Waals surface area contributed by atoms with Gasteiger partial charge in [-0.25, -0.2) is 0 Å². The minimum atomic E-state index is -1.07. The molecule has 0 amide bonds. The van der Waals surface area contributed by atoms with E-state index in [1.807, 2.05) is 0 Å². The van der Waals surface area contributed by atoms with Gasteiger partial charge in [-0.1, -0.05) is 6.42 Å². The Morgan fingerprint density at radius 2 is 2.00 bits per heavy atom. The number of carbonyl (C=O) groups is 2. The first-order valence-electron chi connectivity index (χ1n) is 5.97. The number of hydrogen-bond donors (Lipinski definition) is 0. The third kappa shape index (κ3) is 1.28. The maximum atomic E-state index is 11.9. The van der Waals surface area contributed by atoms with Gasteiger partial charge >= 0.3 is 11.9 Å². The summed E-state index contributed by atoms with van der Waals surface area (Å²) in [5.41, 5.74) is -1.64. The molecule has 1 spiro atoms. The van der Waals surface area contributed by atoms with Crippen molar-refractivity contribution in [3.8, 4) is 0 Å². The Labute approximate surface area is 95.3 Å². The first kappa shape index (κ1) is 11.4. The van der Waals surface area contributed by atoms with Crippen LogP contribution in [-0.2, 0) is 19.1 Å². The van der Waals surface area contributed by atoms with E-state index in [9.17, 15) is 9.59 Å². The summed E-state index contributed by atoms with van der Waals surface area (Å²) in [6.45, 7) is 3.72. The highest BCUT2D eigenvalue weighted by atomic mass is 16.6. The molecule has 0 aromatic rings. The molecule has 1 aliphatic heterocycles. The second-order valence-electron chi connectivity index (χ2n) is 4.79. The highest BCUT2D eigenvalue weighted by Gasteiger charge is 2.71. The van der Waals surface area contributed by atoms with Crippen molar-refractivity contribution in [1.82, 2.24) is 0 Å². The zero-order chi connectivity index (χ0) is 11.8. The lowest BCUT2D eigenvalue weighted by Crippen LogP contribution is -2.69. The standard InChI is InChI=1S/C12H18O4/c1-3-15-9(13)11(2)10(14)16-12(11)7-5-4-6-8-12/h3-8H2,1-2H3. The zero-order valence-corrected chi connectivity index (χ0v) is 9.88. The molecule has 2 rings (SSSR count). The Hall–Kier alpha value is -1.06. The largest absolute Gasteiger partial charge is 0.465 e. The summed E-state index contributed by atoms with van der Waals surface area (Å²) < 4.78 is 10.3. The number of ether oxygens (including phenoxy) is 2. The molecule has 0 aromatic carbocycles. The molecule has 1 heterocycles. The number of esters is 2. The normalized spacial score (nSPS) is 31.8. The Balaban J connectivity index is 2.22. The molecule has 0 bridgehead atoms. The van der Waals surface area contributed by atoms with Gasteiger partial charge in [0.2, 0.25) is 5.41 Å². The molecule has 2 fully saturated rings. The van der Waals surface area contributed by atoms with Crippen LogP contribution < -0.4 is 0 Å². The van der Waals surface area contributed by atoms with E-state index < -0.39 is 23.0 Å². The Bertz CT molecular complexity index is 317. The van der Waals surface area contributed by atoms with Gasteiger partial charge in [-0.2, -0.15) is 0 Å². The second-order valence-corrected chi connectivity index (χ2v) is 4.79. The Kier molecular flexibility index (Phi) is 2.68. The van der Waals surface area contributed by atoms with Crippen LogP contribution in [0, 0.1) is 5.41 Å². The Morgan fingerprint density at radius 1 is 1.38 bits per heavy atom. The average molecular weight is 226 g/mol. The zero-order valence-electron chi connectivity index (χ0n) is 9.88. The van der Waals surface area contributed by atoms with Gasteiger partial charge in [0.05, 0.1) is 6.61 Å². The van der Waals surface area contributed by atoms with E-state index >= 15 is 0 Å². The molecular formula is C12H18O4. The smallest absolute Gasteiger partial charge is 0.328 e. The molecule has 1 unspecified atom stereocenters. The predicted octanol–water partition coefficient (Wildman–Crippen LogP) is 1.82. The van der Waals surface area contributed by atoms with E-state index in [4.69, 9.17) is 9.47 Å². The highest BCUT2D eigenvalue weighted by Crippen LogP contribution is 2.54. The molecule has 0 N–H and O–H groups in total. The summed E-state index contributed by atoms with van der Waals surface area (Å²) in [6, 6.07) is 0. The van der Waals surface area contributed by atoms with Crippen LogP contribution >= 0.6 is 0 Å². The summed E-state index contributed by atoms with van der Waals surface area (Å²) in [4.78, 5) is 23.5. The fourth-order valence-electron chi connectivity index (χ4n) is 2.79. The maximum Gasteiger partial charge on any atom is 0.328 e. The molecule has 4 heteroatoms. The van der Waals surface area contributed by atoms with E-state index in [0.717, 1.165) is 32.1 Å². The summed E-state index contributed by atoms with van der Waals surface area (Å²) in [5.74, 6) is -0.846. The molecule has 2 aliphatic rings. The average Bonchev–Trinajstić information content (AvgIpc) is 2.29. The van der Waals surface area contributed by atoms with Crippen molar-refractivity contribution < 1.29 is 19.1 Å². The van der Waals surface area contributed by atoms with E-state index in [-0.39, 0.29) is 0 Å². The van der Waals surface area contributed by atoms with Gasteiger partial charge in [0.25, 0.3) is 0 Å². The first-order chi connectivity index (χ1) is 7.57. The van der Waals surface area contributed by atoms with Crippen LogP contribution in [-0.4, -0.2) is 24.1 Å². The number of hydrogen-bond acceptors (Lipinski definition) is 4. The Morgan fingerprint density at radius 3 is 2.50 bits per heavy atom. The molecule has 0 radical (unpaired) electrons. The van der Waals surface area contributed by atoms with E-state index in [0.29, 0.717) is 6.61 Å². The first-order valence-corrected chi connectivity index (χ1v) is 5.97. The van der Waals surface area contributed by atoms with Gasteiger partial charge in [0.1, 0.15) is 5.60 Å². The summed E-state index contributed by atoms with van der Waals surface area (Å²) >= 11 is 0. The molecule has 1 saturated heterocycles. The van der Waals surface area contributed by atoms with E-state index in [2.05, 4.69) is 0 Å². The number of carbonyl (C=O) groups excluding carboxylic acids is 2. The predicted molar refractivity (Wildman–Crippen MR) is 56.6 cm³/mol. The van der Waals surface area contributed by atoms with Crippen LogP contribution in [0.25, 0.3) is 0 Å². The molecule has 1 aliphatic carbocycles. The van der Waals surface area contributed by atoms with Crippen LogP contribution in [0.15, 0.2) is 0 Å². The molecule has 90 valence electrons. The van der Waals surface area contributed by atoms with Crippen LogP contribution in [0.3, 0.4) is 0 Å². The van der Waals surface area contributed by atoms with Crippen LogP contribution in [0.1, 0.15) is 46.0 Å². The van der Waals surface area contributed by atoms with Crippen LogP contribution in [0.4, 0.5) is 0 Å². The molecule has 16 heavy (non-hydrogen) atoms. The molecule has 4 nitrogen and oxygen atoms in total. The van der Waals surface area contributed by atoms with Crippen LogP contribution in [0.5, 0.6) is 0 Å². The maximum absolute atomic E-state index is 11.9. The van der Waals surface area contributed by atoms with E-state index in [1.165, 1.54) is 0 Å². The van der Waals surface area contributed by atoms with Crippen molar-refractivity contribution in [3.63, 3.8) is 0 Å². The van der Waals surface area contributed by atoms with Gasteiger partial charge in [0.15, 0.2) is 0 Å². The molecule has 1 atom stereocenters. The van der Waals surface area contributed by atoms with Crippen molar-refractivity contribution in [2.24, 2.45) is 5.41 Å². The van der Waals surface area contributed by atoms with Gasteiger partial charge < -0.3 is 9.47 Å². The molecular weight excluding hydrogens is 208 g/mol.